The van der Waals surface area contributed by atoms with Crippen molar-refractivity contribution in [1.29, 1.82) is 5.26 Å². The molecule has 0 aliphatic carbocycles. The molecule has 5 nitrogen and oxygen atoms in total. The highest BCUT2D eigenvalue weighted by Crippen LogP contribution is 2.33. The summed E-state index contributed by atoms with van der Waals surface area (Å²) in [5.74, 6) is 0.352. The van der Waals surface area contributed by atoms with Gasteiger partial charge in [0.1, 0.15) is 29.3 Å². The normalized spacial score (nSPS) is 14.8. The zero-order valence-electron chi connectivity index (χ0n) is 15.9. The molecule has 0 bridgehead atoms. The van der Waals surface area contributed by atoms with E-state index in [0.29, 0.717) is 24.5 Å². The lowest BCUT2D eigenvalue weighted by atomic mass is 10.0. The Hall–Kier alpha value is -2.85. The maximum absolute atomic E-state index is 13.1. The SMILES string of the molecule is Cn1c(=O)c(C#N)c(N2CCC(Oc3ccc(F)cc3)CC2)c2cc(Br)ccc21. The minimum absolute atomic E-state index is 0.00629. The largest absolute Gasteiger partial charge is 0.490 e. The minimum atomic E-state index is -0.292. The molecular weight excluding hydrogens is 437 g/mol. The van der Waals surface area contributed by atoms with Gasteiger partial charge in [-0.3, -0.25) is 4.79 Å². The Bertz CT molecular complexity index is 1160. The van der Waals surface area contributed by atoms with Crippen molar-refractivity contribution < 1.29 is 9.13 Å². The second-order valence-electron chi connectivity index (χ2n) is 7.12. The molecule has 1 aliphatic rings. The van der Waals surface area contributed by atoms with Gasteiger partial charge < -0.3 is 14.2 Å². The van der Waals surface area contributed by atoms with Crippen molar-refractivity contribution in [2.45, 2.75) is 18.9 Å². The van der Waals surface area contributed by atoms with Crippen LogP contribution in [-0.2, 0) is 7.05 Å². The number of aromatic nitrogens is 1. The second kappa shape index (κ2) is 7.88. The lowest BCUT2D eigenvalue weighted by Gasteiger charge is -2.35. The quantitative estimate of drug-likeness (QED) is 0.588. The number of benzene rings is 2. The summed E-state index contributed by atoms with van der Waals surface area (Å²) in [7, 11) is 1.69. The third kappa shape index (κ3) is 3.73. The van der Waals surface area contributed by atoms with Crippen molar-refractivity contribution in [3.05, 3.63) is 68.7 Å². The van der Waals surface area contributed by atoms with E-state index in [1.54, 1.807) is 19.2 Å². The van der Waals surface area contributed by atoms with Gasteiger partial charge in [-0.15, -0.1) is 0 Å². The van der Waals surface area contributed by atoms with Gasteiger partial charge in [0.25, 0.3) is 5.56 Å². The molecule has 0 atom stereocenters. The van der Waals surface area contributed by atoms with Crippen molar-refractivity contribution in [2.75, 3.05) is 18.0 Å². The molecule has 0 radical (unpaired) electrons. The number of anilines is 1. The number of nitrogens with zero attached hydrogens (tertiary/aromatic N) is 3. The monoisotopic (exact) mass is 455 g/mol. The Balaban J connectivity index is 1.63. The van der Waals surface area contributed by atoms with E-state index < -0.39 is 0 Å². The number of ether oxygens (including phenoxy) is 1. The summed E-state index contributed by atoms with van der Waals surface area (Å²) in [6.07, 6.45) is 1.49. The molecule has 0 spiro atoms. The van der Waals surface area contributed by atoms with E-state index in [1.807, 2.05) is 18.2 Å². The third-order valence-corrected chi connectivity index (χ3v) is 5.81. The van der Waals surface area contributed by atoms with Crippen LogP contribution in [0.25, 0.3) is 10.9 Å². The number of nitriles is 1. The van der Waals surface area contributed by atoms with Crippen LogP contribution in [0.4, 0.5) is 10.1 Å². The van der Waals surface area contributed by atoms with E-state index in [4.69, 9.17) is 4.74 Å². The summed E-state index contributed by atoms with van der Waals surface area (Å²) < 4.78 is 21.5. The van der Waals surface area contributed by atoms with Gasteiger partial charge in [0.15, 0.2) is 0 Å². The predicted molar refractivity (Wildman–Crippen MR) is 114 cm³/mol. The van der Waals surface area contributed by atoms with Crippen molar-refractivity contribution in [3.63, 3.8) is 0 Å². The Labute approximate surface area is 176 Å². The molecule has 0 amide bonds. The summed E-state index contributed by atoms with van der Waals surface area (Å²) in [6.45, 7) is 1.32. The maximum atomic E-state index is 13.1. The molecule has 1 aliphatic heterocycles. The molecule has 7 heteroatoms. The number of halogens is 2. The summed E-state index contributed by atoms with van der Waals surface area (Å²) in [5.41, 5.74) is 1.35. The lowest BCUT2D eigenvalue weighted by molar-refractivity contribution is 0.171. The highest BCUT2D eigenvalue weighted by molar-refractivity contribution is 9.10. The van der Waals surface area contributed by atoms with Crippen molar-refractivity contribution in [3.8, 4) is 11.8 Å². The first-order valence-electron chi connectivity index (χ1n) is 9.37. The summed E-state index contributed by atoms with van der Waals surface area (Å²) in [6, 6.07) is 13.9. The average Bonchev–Trinajstić information content (AvgIpc) is 2.73. The number of piperidine rings is 1. The van der Waals surface area contributed by atoms with Gasteiger partial charge in [0.05, 0.1) is 11.2 Å². The molecule has 1 fully saturated rings. The Kier molecular flexibility index (Phi) is 5.29. The first-order chi connectivity index (χ1) is 14.0. The average molecular weight is 456 g/mol. The molecule has 29 heavy (non-hydrogen) atoms. The molecule has 148 valence electrons. The van der Waals surface area contributed by atoms with Gasteiger partial charge in [-0.2, -0.15) is 5.26 Å². The molecule has 0 saturated carbocycles. The number of aryl methyl sites for hydroxylation is 1. The van der Waals surface area contributed by atoms with Crippen LogP contribution in [0.3, 0.4) is 0 Å². The first-order valence-corrected chi connectivity index (χ1v) is 10.2. The molecule has 2 heterocycles. The summed E-state index contributed by atoms with van der Waals surface area (Å²) >= 11 is 3.50. The van der Waals surface area contributed by atoms with Crippen LogP contribution >= 0.6 is 15.9 Å². The highest BCUT2D eigenvalue weighted by Gasteiger charge is 2.26. The Morgan fingerprint density at radius 1 is 1.17 bits per heavy atom. The van der Waals surface area contributed by atoms with Gasteiger partial charge in [-0.25, -0.2) is 4.39 Å². The zero-order valence-corrected chi connectivity index (χ0v) is 17.4. The summed E-state index contributed by atoms with van der Waals surface area (Å²) in [5, 5.41) is 10.6. The van der Waals surface area contributed by atoms with Crippen molar-refractivity contribution in [1.82, 2.24) is 4.57 Å². The van der Waals surface area contributed by atoms with Crippen LogP contribution in [0.5, 0.6) is 5.75 Å². The fraction of sp³-hybridized carbons (Fsp3) is 0.273. The van der Waals surface area contributed by atoms with Crippen LogP contribution in [0.15, 0.2) is 51.7 Å². The van der Waals surface area contributed by atoms with E-state index in [1.165, 1.54) is 16.7 Å². The highest BCUT2D eigenvalue weighted by atomic mass is 79.9. The molecular formula is C22H19BrFN3O2. The van der Waals surface area contributed by atoms with Crippen molar-refractivity contribution in [2.24, 2.45) is 7.05 Å². The predicted octanol–water partition coefficient (Wildman–Crippen LogP) is 4.36. The topological polar surface area (TPSA) is 58.3 Å². The van der Waals surface area contributed by atoms with Gasteiger partial charge in [0.2, 0.25) is 0 Å². The first kappa shape index (κ1) is 19.5. The number of hydrogen-bond donors (Lipinski definition) is 0. The van der Waals surface area contributed by atoms with E-state index in [0.717, 1.165) is 28.2 Å². The van der Waals surface area contributed by atoms with Crippen molar-refractivity contribution >= 4 is 32.5 Å². The standard InChI is InChI=1S/C22H19BrFN3O2/c1-26-20-7-2-14(23)12-18(20)21(19(13-25)22(26)28)27-10-8-17(9-11-27)29-16-5-3-15(24)4-6-16/h2-7,12,17H,8-11H2,1H3. The van der Waals surface area contributed by atoms with Gasteiger partial charge in [-0.05, 0) is 42.5 Å². The Morgan fingerprint density at radius 3 is 2.52 bits per heavy atom. The second-order valence-corrected chi connectivity index (χ2v) is 8.03. The van der Waals surface area contributed by atoms with Crippen LogP contribution in [0.2, 0.25) is 0 Å². The third-order valence-electron chi connectivity index (χ3n) is 5.32. The number of fused-ring (bicyclic) bond motifs is 1. The molecule has 2 aromatic carbocycles. The Morgan fingerprint density at radius 2 is 1.86 bits per heavy atom. The molecule has 0 unspecified atom stereocenters. The van der Waals surface area contributed by atoms with E-state index in [2.05, 4.69) is 26.9 Å². The number of pyridine rings is 1. The smallest absolute Gasteiger partial charge is 0.270 e. The minimum Gasteiger partial charge on any atom is -0.490 e. The molecule has 0 N–H and O–H groups in total. The number of hydrogen-bond acceptors (Lipinski definition) is 4. The van der Waals surface area contributed by atoms with Gasteiger partial charge >= 0.3 is 0 Å². The molecule has 1 aromatic heterocycles. The number of rotatable bonds is 3. The van der Waals surface area contributed by atoms with Crippen LogP contribution in [0, 0.1) is 17.1 Å². The molecule has 1 saturated heterocycles. The van der Waals surface area contributed by atoms with Crippen LogP contribution < -0.4 is 15.2 Å². The maximum Gasteiger partial charge on any atom is 0.270 e. The van der Waals surface area contributed by atoms with E-state index in [9.17, 15) is 14.4 Å². The lowest BCUT2D eigenvalue weighted by Crippen LogP contribution is -2.40. The van der Waals surface area contributed by atoms with Crippen LogP contribution in [0.1, 0.15) is 18.4 Å². The van der Waals surface area contributed by atoms with E-state index in [-0.39, 0.29) is 23.0 Å². The fourth-order valence-corrected chi connectivity index (χ4v) is 4.20. The van der Waals surface area contributed by atoms with Crippen LogP contribution in [-0.4, -0.2) is 23.8 Å². The molecule has 4 rings (SSSR count). The van der Waals surface area contributed by atoms with Gasteiger partial charge in [0, 0.05) is 42.8 Å². The van der Waals surface area contributed by atoms with E-state index >= 15 is 0 Å². The summed E-state index contributed by atoms with van der Waals surface area (Å²) in [4.78, 5) is 14.8. The molecule has 3 aromatic rings. The van der Waals surface area contributed by atoms with Gasteiger partial charge in [-0.1, -0.05) is 15.9 Å². The fourth-order valence-electron chi connectivity index (χ4n) is 3.84. The zero-order chi connectivity index (χ0) is 20.5.